The van der Waals surface area contributed by atoms with Gasteiger partial charge in [0.15, 0.2) is 11.5 Å². The Hall–Kier alpha value is -2.81. The van der Waals surface area contributed by atoms with E-state index in [1.54, 1.807) is 13.0 Å². The first kappa shape index (κ1) is 16.1. The lowest BCUT2D eigenvalue weighted by Gasteiger charge is -2.08. The van der Waals surface area contributed by atoms with E-state index in [4.69, 9.17) is 9.68 Å². The summed E-state index contributed by atoms with van der Waals surface area (Å²) in [6, 6.07) is 10.7. The number of halogens is 3. The zero-order valence-electron chi connectivity index (χ0n) is 12.8. The molecule has 1 heterocycles. The number of aromatic nitrogens is 1. The third-order valence-electron chi connectivity index (χ3n) is 3.82. The molecule has 2 aromatic carbocycles. The predicted octanol–water partition coefficient (Wildman–Crippen LogP) is 4.81. The molecule has 6 heteroatoms. The Labute approximate surface area is 136 Å². The van der Waals surface area contributed by atoms with Crippen molar-refractivity contribution >= 4 is 11.1 Å². The Morgan fingerprint density at radius 2 is 1.79 bits per heavy atom. The van der Waals surface area contributed by atoms with Crippen LogP contribution < -0.4 is 0 Å². The molecule has 0 bridgehead atoms. The second-order valence-corrected chi connectivity index (χ2v) is 5.49. The van der Waals surface area contributed by atoms with Crippen molar-refractivity contribution in [2.24, 2.45) is 0 Å². The molecule has 0 saturated carbocycles. The zero-order chi connectivity index (χ0) is 17.3. The molecule has 3 rings (SSSR count). The van der Waals surface area contributed by atoms with Gasteiger partial charge in [0, 0.05) is 6.92 Å². The minimum atomic E-state index is -4.32. The summed E-state index contributed by atoms with van der Waals surface area (Å²) < 4.78 is 43.2. The van der Waals surface area contributed by atoms with Crippen LogP contribution in [0.3, 0.4) is 0 Å². The Balaban J connectivity index is 1.83. The zero-order valence-corrected chi connectivity index (χ0v) is 12.8. The number of fused-ring (bicyclic) bond motifs is 1. The minimum absolute atomic E-state index is 0.420. The SMILES string of the molecule is Cc1nc2c(CCc3ccc(C(F)(F)F)cc3)ccc(C#N)c2o1. The predicted molar refractivity (Wildman–Crippen MR) is 82.3 cm³/mol. The van der Waals surface area contributed by atoms with Crippen molar-refractivity contribution in [3.8, 4) is 6.07 Å². The van der Waals surface area contributed by atoms with Gasteiger partial charge >= 0.3 is 6.18 Å². The molecule has 0 saturated heterocycles. The average molecular weight is 330 g/mol. The Morgan fingerprint density at radius 1 is 1.08 bits per heavy atom. The smallest absolute Gasteiger partial charge is 0.416 e. The van der Waals surface area contributed by atoms with Crippen LogP contribution in [0, 0.1) is 18.3 Å². The van der Waals surface area contributed by atoms with Crippen LogP contribution in [0.4, 0.5) is 13.2 Å². The maximum Gasteiger partial charge on any atom is 0.416 e. The molecule has 0 aliphatic carbocycles. The maximum absolute atomic E-state index is 12.6. The van der Waals surface area contributed by atoms with Gasteiger partial charge in [0.2, 0.25) is 0 Å². The molecular formula is C18H13F3N2O. The van der Waals surface area contributed by atoms with Crippen LogP contribution in [0.15, 0.2) is 40.8 Å². The van der Waals surface area contributed by atoms with E-state index in [9.17, 15) is 13.2 Å². The first-order valence-corrected chi connectivity index (χ1v) is 7.34. The molecule has 0 radical (unpaired) electrons. The molecular weight excluding hydrogens is 317 g/mol. The van der Waals surface area contributed by atoms with Gasteiger partial charge in [-0.2, -0.15) is 18.4 Å². The highest BCUT2D eigenvalue weighted by Gasteiger charge is 2.29. The van der Waals surface area contributed by atoms with Gasteiger partial charge in [-0.3, -0.25) is 0 Å². The lowest BCUT2D eigenvalue weighted by Crippen LogP contribution is -2.04. The van der Waals surface area contributed by atoms with E-state index < -0.39 is 11.7 Å². The number of nitrogens with zero attached hydrogens (tertiary/aromatic N) is 2. The summed E-state index contributed by atoms with van der Waals surface area (Å²) in [7, 11) is 0. The van der Waals surface area contributed by atoms with E-state index in [0.29, 0.717) is 35.4 Å². The van der Waals surface area contributed by atoms with Crippen LogP contribution in [0.1, 0.15) is 28.1 Å². The summed E-state index contributed by atoms with van der Waals surface area (Å²) in [5.74, 6) is 0.475. The van der Waals surface area contributed by atoms with Crippen LogP contribution in [0.2, 0.25) is 0 Å². The van der Waals surface area contributed by atoms with Gasteiger partial charge in [-0.05, 0) is 42.2 Å². The van der Waals surface area contributed by atoms with Crippen molar-refractivity contribution in [3.05, 3.63) is 64.5 Å². The number of rotatable bonds is 3. The van der Waals surface area contributed by atoms with E-state index in [0.717, 1.165) is 23.3 Å². The molecule has 0 amide bonds. The van der Waals surface area contributed by atoms with Crippen LogP contribution in [-0.4, -0.2) is 4.98 Å². The van der Waals surface area contributed by atoms with Crippen molar-refractivity contribution in [1.29, 1.82) is 5.26 Å². The first-order valence-electron chi connectivity index (χ1n) is 7.34. The van der Waals surface area contributed by atoms with Gasteiger partial charge in [0.1, 0.15) is 11.6 Å². The highest BCUT2D eigenvalue weighted by atomic mass is 19.4. The number of hydrogen-bond acceptors (Lipinski definition) is 3. The molecule has 0 fully saturated rings. The van der Waals surface area contributed by atoms with Crippen molar-refractivity contribution in [2.75, 3.05) is 0 Å². The molecule has 0 aliphatic rings. The summed E-state index contributed by atoms with van der Waals surface area (Å²) in [5, 5.41) is 9.11. The second kappa shape index (κ2) is 6.00. The number of nitriles is 1. The topological polar surface area (TPSA) is 49.8 Å². The molecule has 3 aromatic rings. The summed E-state index contributed by atoms with van der Waals surface area (Å²) in [4.78, 5) is 4.31. The molecule has 122 valence electrons. The van der Waals surface area contributed by atoms with Gasteiger partial charge in [-0.1, -0.05) is 18.2 Å². The highest BCUT2D eigenvalue weighted by molar-refractivity contribution is 5.82. The molecule has 0 aliphatic heterocycles. The standard InChI is InChI=1S/C18H13F3N2O/c1-11-23-16-13(6-7-14(10-22)17(16)24-11)5-2-12-3-8-15(9-4-12)18(19,20)21/h3-4,6-9H,2,5H2,1H3. The monoisotopic (exact) mass is 330 g/mol. The van der Waals surface area contributed by atoms with Crippen LogP contribution >= 0.6 is 0 Å². The van der Waals surface area contributed by atoms with Crippen LogP contribution in [0.25, 0.3) is 11.1 Å². The van der Waals surface area contributed by atoms with Crippen LogP contribution in [0.5, 0.6) is 0 Å². The van der Waals surface area contributed by atoms with Crippen LogP contribution in [-0.2, 0) is 19.0 Å². The van der Waals surface area contributed by atoms with Crippen molar-refractivity contribution in [2.45, 2.75) is 25.9 Å². The van der Waals surface area contributed by atoms with Crippen molar-refractivity contribution in [3.63, 3.8) is 0 Å². The molecule has 0 unspecified atom stereocenters. The quantitative estimate of drug-likeness (QED) is 0.692. The van der Waals surface area contributed by atoms with E-state index in [1.165, 1.54) is 12.1 Å². The molecule has 0 N–H and O–H groups in total. The molecule has 24 heavy (non-hydrogen) atoms. The van der Waals surface area contributed by atoms with E-state index in [-0.39, 0.29) is 0 Å². The van der Waals surface area contributed by atoms with Gasteiger partial charge < -0.3 is 4.42 Å². The average Bonchev–Trinajstić information content (AvgIpc) is 2.93. The Morgan fingerprint density at radius 3 is 2.42 bits per heavy atom. The van der Waals surface area contributed by atoms with Crippen molar-refractivity contribution < 1.29 is 17.6 Å². The third kappa shape index (κ3) is 3.11. The fourth-order valence-electron chi connectivity index (χ4n) is 2.59. The molecule has 1 aromatic heterocycles. The van der Waals surface area contributed by atoms with Crippen molar-refractivity contribution in [1.82, 2.24) is 4.98 Å². The van der Waals surface area contributed by atoms with E-state index >= 15 is 0 Å². The molecule has 3 nitrogen and oxygen atoms in total. The summed E-state index contributed by atoms with van der Waals surface area (Å²) in [5.41, 5.74) is 2.57. The third-order valence-corrected chi connectivity index (χ3v) is 3.82. The number of benzene rings is 2. The first-order chi connectivity index (χ1) is 11.4. The van der Waals surface area contributed by atoms with Gasteiger partial charge in [0.25, 0.3) is 0 Å². The lowest BCUT2D eigenvalue weighted by molar-refractivity contribution is -0.137. The summed E-state index contributed by atoms with van der Waals surface area (Å²) >= 11 is 0. The van der Waals surface area contributed by atoms with E-state index in [1.807, 2.05) is 6.07 Å². The Bertz CT molecular complexity index is 918. The maximum atomic E-state index is 12.6. The van der Waals surface area contributed by atoms with Gasteiger partial charge in [-0.15, -0.1) is 0 Å². The lowest BCUT2D eigenvalue weighted by atomic mass is 10.0. The summed E-state index contributed by atoms with van der Waals surface area (Å²) in [6.45, 7) is 1.71. The number of oxazole rings is 1. The largest absolute Gasteiger partial charge is 0.440 e. The second-order valence-electron chi connectivity index (χ2n) is 5.49. The fraction of sp³-hybridized carbons (Fsp3) is 0.222. The number of aryl methyl sites for hydroxylation is 3. The fourth-order valence-corrected chi connectivity index (χ4v) is 2.59. The molecule has 0 spiro atoms. The normalized spacial score (nSPS) is 11.6. The van der Waals surface area contributed by atoms with Gasteiger partial charge in [0.05, 0.1) is 11.1 Å². The minimum Gasteiger partial charge on any atom is -0.440 e. The number of alkyl halides is 3. The molecule has 0 atom stereocenters. The number of hydrogen-bond donors (Lipinski definition) is 0. The summed E-state index contributed by atoms with van der Waals surface area (Å²) in [6.07, 6.45) is -3.15. The van der Waals surface area contributed by atoms with Gasteiger partial charge in [-0.25, -0.2) is 4.98 Å². The Kier molecular flexibility index (Phi) is 4.02. The van der Waals surface area contributed by atoms with E-state index in [2.05, 4.69) is 11.1 Å². The highest BCUT2D eigenvalue weighted by Crippen LogP contribution is 2.29.